The van der Waals surface area contributed by atoms with Crippen LogP contribution in [0.4, 0.5) is 0 Å². The van der Waals surface area contributed by atoms with Crippen LogP contribution in [-0.2, 0) is 14.4 Å². The fraction of sp³-hybridized carbons (Fsp3) is 0.591. The summed E-state index contributed by atoms with van der Waals surface area (Å²) in [5.74, 6) is -0.279. The van der Waals surface area contributed by atoms with E-state index in [-0.39, 0.29) is 29.8 Å². The first kappa shape index (κ1) is 19.7. The van der Waals surface area contributed by atoms with Gasteiger partial charge in [0.2, 0.25) is 5.91 Å². The second-order valence-electron chi connectivity index (χ2n) is 8.78. The number of carbonyl (C=O) groups is 3. The van der Waals surface area contributed by atoms with Crippen LogP contribution in [0, 0.1) is 18.3 Å². The highest BCUT2D eigenvalue weighted by Gasteiger charge is 2.52. The Morgan fingerprint density at radius 2 is 1.79 bits per heavy atom. The molecule has 2 heterocycles. The maximum Gasteiger partial charge on any atom is 0.326 e. The van der Waals surface area contributed by atoms with Gasteiger partial charge in [0.05, 0.1) is 0 Å². The lowest BCUT2D eigenvalue weighted by Crippen LogP contribution is -2.46. The molecular weight excluding hydrogens is 372 g/mol. The zero-order valence-electron chi connectivity index (χ0n) is 16.8. The molecule has 0 bridgehead atoms. The van der Waals surface area contributed by atoms with Crippen LogP contribution in [0.5, 0.6) is 5.75 Å². The molecular formula is C22H28N2O5. The van der Waals surface area contributed by atoms with E-state index in [1.165, 1.54) is 0 Å². The Labute approximate surface area is 170 Å². The highest BCUT2D eigenvalue weighted by molar-refractivity contribution is 5.87. The number of aryl methyl sites for hydroxylation is 1. The molecule has 1 saturated carbocycles. The molecule has 1 atom stereocenters. The number of carboxylic acid groups (broad SMARTS) is 1. The summed E-state index contributed by atoms with van der Waals surface area (Å²) in [4.78, 5) is 40.2. The van der Waals surface area contributed by atoms with E-state index in [0.29, 0.717) is 31.8 Å². The van der Waals surface area contributed by atoms with Gasteiger partial charge in [0, 0.05) is 25.6 Å². The summed E-state index contributed by atoms with van der Waals surface area (Å²) in [5.41, 5.74) is 0.942. The quantitative estimate of drug-likeness (QED) is 0.818. The molecule has 1 aromatic rings. The van der Waals surface area contributed by atoms with Crippen molar-refractivity contribution in [1.29, 1.82) is 0 Å². The molecule has 29 heavy (non-hydrogen) atoms. The Morgan fingerprint density at radius 3 is 2.38 bits per heavy atom. The highest BCUT2D eigenvalue weighted by Crippen LogP contribution is 2.45. The van der Waals surface area contributed by atoms with Crippen molar-refractivity contribution < 1.29 is 24.2 Å². The molecule has 0 unspecified atom stereocenters. The topological polar surface area (TPSA) is 87.2 Å². The van der Waals surface area contributed by atoms with E-state index in [1.807, 2.05) is 31.2 Å². The molecule has 7 nitrogen and oxygen atoms in total. The molecule has 3 aliphatic rings. The fourth-order valence-corrected chi connectivity index (χ4v) is 4.54. The summed E-state index contributed by atoms with van der Waals surface area (Å²) in [6, 6.07) is 6.86. The number of ether oxygens (including phenoxy) is 1. The first-order chi connectivity index (χ1) is 13.9. The number of likely N-dealkylation sites (tertiary alicyclic amines) is 2. The van der Waals surface area contributed by atoms with Crippen LogP contribution >= 0.6 is 0 Å². The fourth-order valence-electron chi connectivity index (χ4n) is 4.54. The molecule has 1 spiro atoms. The maximum absolute atomic E-state index is 12.5. The van der Waals surface area contributed by atoms with Crippen LogP contribution < -0.4 is 4.74 Å². The van der Waals surface area contributed by atoms with Crippen LogP contribution in [-0.4, -0.2) is 65.0 Å². The van der Waals surface area contributed by atoms with Crippen LogP contribution in [0.3, 0.4) is 0 Å². The molecule has 3 fully saturated rings. The molecule has 7 heteroatoms. The van der Waals surface area contributed by atoms with E-state index in [9.17, 15) is 19.5 Å². The van der Waals surface area contributed by atoms with Crippen LogP contribution in [0.1, 0.15) is 37.7 Å². The second-order valence-corrected chi connectivity index (χ2v) is 8.78. The zero-order valence-corrected chi connectivity index (χ0v) is 16.8. The highest BCUT2D eigenvalue weighted by atomic mass is 16.5. The van der Waals surface area contributed by atoms with Crippen molar-refractivity contribution in [2.24, 2.45) is 11.3 Å². The average molecular weight is 400 g/mol. The summed E-state index contributed by atoms with van der Waals surface area (Å²) < 4.78 is 5.60. The number of carboxylic acids is 1. The minimum Gasteiger partial charge on any atom is -0.484 e. The number of hydrogen-bond acceptors (Lipinski definition) is 4. The number of aliphatic carboxylic acids is 1. The first-order valence-electron chi connectivity index (χ1n) is 10.4. The Balaban J connectivity index is 1.32. The van der Waals surface area contributed by atoms with Crippen molar-refractivity contribution in [3.8, 4) is 5.75 Å². The standard InChI is InChI=1S/C22H28N2O5/c1-15-2-6-17(7-3-15)29-13-19(25)23-10-8-22(9-11-23)12-18(21(27)28)24(14-22)20(26)16-4-5-16/h2-3,6-7,16,18H,4-5,8-14H2,1H3,(H,27,28)/t18-/m1/s1. The van der Waals surface area contributed by atoms with Crippen LogP contribution in [0.15, 0.2) is 24.3 Å². The third-order valence-electron chi connectivity index (χ3n) is 6.56. The molecule has 2 aliphatic heterocycles. The van der Waals surface area contributed by atoms with Crippen molar-refractivity contribution >= 4 is 17.8 Å². The first-order valence-corrected chi connectivity index (χ1v) is 10.4. The van der Waals surface area contributed by atoms with Crippen LogP contribution in [0.2, 0.25) is 0 Å². The molecule has 156 valence electrons. The number of rotatable bonds is 5. The van der Waals surface area contributed by atoms with Gasteiger partial charge in [0.25, 0.3) is 5.91 Å². The lowest BCUT2D eigenvalue weighted by atomic mass is 9.76. The molecule has 2 saturated heterocycles. The van der Waals surface area contributed by atoms with Crippen molar-refractivity contribution in [2.75, 3.05) is 26.2 Å². The van der Waals surface area contributed by atoms with Gasteiger partial charge in [-0.2, -0.15) is 0 Å². The Morgan fingerprint density at radius 1 is 1.14 bits per heavy atom. The van der Waals surface area contributed by atoms with Gasteiger partial charge < -0.3 is 19.6 Å². The van der Waals surface area contributed by atoms with Gasteiger partial charge in [-0.15, -0.1) is 0 Å². The zero-order chi connectivity index (χ0) is 20.6. The number of hydrogen-bond donors (Lipinski definition) is 1. The van der Waals surface area contributed by atoms with E-state index in [0.717, 1.165) is 31.2 Å². The summed E-state index contributed by atoms with van der Waals surface area (Å²) >= 11 is 0. The summed E-state index contributed by atoms with van der Waals surface area (Å²) in [7, 11) is 0. The number of carbonyl (C=O) groups excluding carboxylic acids is 2. The number of piperidine rings is 1. The minimum absolute atomic E-state index is 0.000102. The van der Waals surface area contributed by atoms with E-state index in [1.54, 1.807) is 9.80 Å². The number of amides is 2. The van der Waals surface area contributed by atoms with Gasteiger partial charge in [-0.05, 0) is 56.6 Å². The predicted molar refractivity (Wildman–Crippen MR) is 105 cm³/mol. The largest absolute Gasteiger partial charge is 0.484 e. The van der Waals surface area contributed by atoms with Crippen molar-refractivity contribution in [2.45, 2.75) is 45.1 Å². The third kappa shape index (κ3) is 4.23. The maximum atomic E-state index is 12.5. The minimum atomic E-state index is -0.916. The number of nitrogens with zero attached hydrogens (tertiary/aromatic N) is 2. The Hall–Kier alpha value is -2.57. The lowest BCUT2D eigenvalue weighted by molar-refractivity contribution is -0.148. The van der Waals surface area contributed by atoms with E-state index < -0.39 is 12.0 Å². The Bertz CT molecular complexity index is 794. The van der Waals surface area contributed by atoms with Gasteiger partial charge >= 0.3 is 5.97 Å². The van der Waals surface area contributed by atoms with Crippen LogP contribution in [0.25, 0.3) is 0 Å². The number of benzene rings is 1. The third-order valence-corrected chi connectivity index (χ3v) is 6.56. The molecule has 1 aromatic carbocycles. The SMILES string of the molecule is Cc1ccc(OCC(=O)N2CCC3(CC2)C[C@H](C(=O)O)N(C(=O)C2CC2)C3)cc1. The molecule has 0 aromatic heterocycles. The van der Waals surface area contributed by atoms with Crippen molar-refractivity contribution in [1.82, 2.24) is 9.80 Å². The Kier molecular flexibility index (Phi) is 5.23. The second kappa shape index (κ2) is 7.69. The monoisotopic (exact) mass is 400 g/mol. The summed E-state index contributed by atoms with van der Waals surface area (Å²) in [6.45, 7) is 3.65. The van der Waals surface area contributed by atoms with Gasteiger partial charge in [-0.1, -0.05) is 17.7 Å². The molecule has 2 amide bonds. The van der Waals surface area contributed by atoms with Crippen molar-refractivity contribution in [3.05, 3.63) is 29.8 Å². The van der Waals surface area contributed by atoms with Gasteiger partial charge in [0.1, 0.15) is 11.8 Å². The normalized spacial score (nSPS) is 23.3. The predicted octanol–water partition coefficient (Wildman–Crippen LogP) is 2.08. The van der Waals surface area contributed by atoms with E-state index in [2.05, 4.69) is 0 Å². The lowest BCUT2D eigenvalue weighted by Gasteiger charge is -2.39. The summed E-state index contributed by atoms with van der Waals surface area (Å²) in [5, 5.41) is 9.61. The summed E-state index contributed by atoms with van der Waals surface area (Å²) in [6.07, 6.45) is 3.68. The molecule has 1 N–H and O–H groups in total. The molecule has 4 rings (SSSR count). The molecule has 1 aliphatic carbocycles. The van der Waals surface area contributed by atoms with Crippen molar-refractivity contribution in [3.63, 3.8) is 0 Å². The van der Waals surface area contributed by atoms with E-state index >= 15 is 0 Å². The van der Waals surface area contributed by atoms with E-state index in [4.69, 9.17) is 4.74 Å². The van der Waals surface area contributed by atoms with Gasteiger partial charge in [0.15, 0.2) is 6.61 Å². The van der Waals surface area contributed by atoms with Gasteiger partial charge in [-0.25, -0.2) is 4.79 Å². The average Bonchev–Trinajstić information content (AvgIpc) is 3.49. The smallest absolute Gasteiger partial charge is 0.326 e. The van der Waals surface area contributed by atoms with Gasteiger partial charge in [-0.3, -0.25) is 9.59 Å². The molecule has 0 radical (unpaired) electrons.